The third-order valence-corrected chi connectivity index (χ3v) is 3.85. The molecule has 1 aliphatic rings. The Labute approximate surface area is 118 Å². The first-order valence-electron chi connectivity index (χ1n) is 6.04. The zero-order valence-corrected chi connectivity index (χ0v) is 12.0. The summed E-state index contributed by atoms with van der Waals surface area (Å²) >= 11 is 2.93. The average Bonchev–Trinajstić information content (AvgIpc) is 3.13. The first-order chi connectivity index (χ1) is 8.91. The zero-order valence-electron chi connectivity index (χ0n) is 10.4. The van der Waals surface area contributed by atoms with Crippen LogP contribution in [0.2, 0.25) is 0 Å². The van der Waals surface area contributed by atoms with Crippen LogP contribution in [0.15, 0.2) is 22.7 Å². The van der Waals surface area contributed by atoms with Crippen LogP contribution in [0.1, 0.15) is 18.4 Å². The first kappa shape index (κ1) is 14.7. The molecule has 1 aromatic rings. The van der Waals surface area contributed by atoms with E-state index in [1.165, 1.54) is 6.07 Å². The van der Waals surface area contributed by atoms with Crippen molar-refractivity contribution in [3.05, 3.63) is 28.2 Å². The summed E-state index contributed by atoms with van der Waals surface area (Å²) in [6.45, 7) is 0.502. The van der Waals surface area contributed by atoms with Crippen LogP contribution in [-0.4, -0.2) is 19.8 Å². The van der Waals surface area contributed by atoms with Gasteiger partial charge < -0.3 is 10.1 Å². The van der Waals surface area contributed by atoms with Crippen LogP contribution in [0.5, 0.6) is 0 Å². The predicted octanol–water partition coefficient (Wildman–Crippen LogP) is 4.30. The number of hydrogen-bond donors (Lipinski definition) is 1. The molecule has 19 heavy (non-hydrogen) atoms. The van der Waals surface area contributed by atoms with Crippen molar-refractivity contribution in [1.29, 1.82) is 0 Å². The molecular formula is C13H15BrF3NO. The molecule has 0 amide bonds. The summed E-state index contributed by atoms with van der Waals surface area (Å²) in [4.78, 5) is 0. The number of nitrogens with one attached hydrogen (secondary N) is 1. The molecule has 6 heteroatoms. The normalized spacial score (nSPS) is 17.3. The lowest BCUT2D eigenvalue weighted by atomic mass is 10.1. The number of methoxy groups -OCH3 is 1. The van der Waals surface area contributed by atoms with Gasteiger partial charge >= 0.3 is 6.18 Å². The lowest BCUT2D eigenvalue weighted by Gasteiger charge is -2.20. The van der Waals surface area contributed by atoms with E-state index in [1.54, 1.807) is 13.2 Å². The molecule has 1 unspecified atom stereocenters. The van der Waals surface area contributed by atoms with E-state index < -0.39 is 11.7 Å². The highest BCUT2D eigenvalue weighted by Gasteiger charge is 2.34. The maximum absolute atomic E-state index is 12.8. The molecule has 0 saturated heterocycles. The maximum atomic E-state index is 12.8. The van der Waals surface area contributed by atoms with E-state index in [0.717, 1.165) is 18.9 Å². The van der Waals surface area contributed by atoms with Crippen molar-refractivity contribution >= 4 is 21.6 Å². The molecule has 1 atom stereocenters. The van der Waals surface area contributed by atoms with Gasteiger partial charge in [0.25, 0.3) is 0 Å². The van der Waals surface area contributed by atoms with Gasteiger partial charge in [0.15, 0.2) is 0 Å². The number of halogens is 4. The summed E-state index contributed by atoms with van der Waals surface area (Å²) in [7, 11) is 1.60. The van der Waals surface area contributed by atoms with Crippen molar-refractivity contribution in [2.75, 3.05) is 19.0 Å². The smallest absolute Gasteiger partial charge is 0.383 e. The number of anilines is 1. The van der Waals surface area contributed by atoms with Crippen LogP contribution >= 0.6 is 15.9 Å². The van der Waals surface area contributed by atoms with E-state index in [9.17, 15) is 13.2 Å². The Morgan fingerprint density at radius 1 is 1.42 bits per heavy atom. The fraction of sp³-hybridized carbons (Fsp3) is 0.538. The highest BCUT2D eigenvalue weighted by Crippen LogP contribution is 2.38. The van der Waals surface area contributed by atoms with E-state index >= 15 is 0 Å². The van der Waals surface area contributed by atoms with Gasteiger partial charge in [-0.2, -0.15) is 13.2 Å². The molecule has 1 saturated carbocycles. The van der Waals surface area contributed by atoms with Gasteiger partial charge in [0.2, 0.25) is 0 Å². The summed E-state index contributed by atoms with van der Waals surface area (Å²) in [5.74, 6) is 0.498. The predicted molar refractivity (Wildman–Crippen MR) is 71.2 cm³/mol. The van der Waals surface area contributed by atoms with Crippen LogP contribution in [0.4, 0.5) is 18.9 Å². The Morgan fingerprint density at radius 3 is 2.63 bits per heavy atom. The topological polar surface area (TPSA) is 21.3 Å². The quantitative estimate of drug-likeness (QED) is 0.864. The third kappa shape index (κ3) is 3.86. The molecule has 1 fully saturated rings. The summed E-state index contributed by atoms with van der Waals surface area (Å²) < 4.78 is 43.6. The Bertz CT molecular complexity index is 446. The van der Waals surface area contributed by atoms with E-state index in [2.05, 4.69) is 21.2 Å². The maximum Gasteiger partial charge on any atom is 0.417 e. The zero-order chi connectivity index (χ0) is 14.0. The number of ether oxygens (including phenoxy) is 1. The van der Waals surface area contributed by atoms with E-state index in [0.29, 0.717) is 18.2 Å². The van der Waals surface area contributed by atoms with Gasteiger partial charge in [-0.1, -0.05) is 15.9 Å². The number of hydrogen-bond acceptors (Lipinski definition) is 2. The van der Waals surface area contributed by atoms with Gasteiger partial charge in [-0.15, -0.1) is 0 Å². The highest BCUT2D eigenvalue weighted by atomic mass is 79.9. The van der Waals surface area contributed by atoms with Crippen molar-refractivity contribution < 1.29 is 17.9 Å². The SMILES string of the molecule is COCC(Nc1ccc(Br)c(C(F)(F)F)c1)C1CC1. The molecule has 0 aliphatic heterocycles. The van der Waals surface area contributed by atoms with E-state index in [1.807, 2.05) is 0 Å². The van der Waals surface area contributed by atoms with Crippen molar-refractivity contribution in [2.24, 2.45) is 5.92 Å². The Morgan fingerprint density at radius 2 is 2.11 bits per heavy atom. The Hall–Kier alpha value is -0.750. The van der Waals surface area contributed by atoms with Crippen molar-refractivity contribution in [1.82, 2.24) is 0 Å². The number of rotatable bonds is 5. The Kier molecular flexibility index (Phi) is 4.40. The van der Waals surface area contributed by atoms with Gasteiger partial charge in [-0.25, -0.2) is 0 Å². The second-order valence-corrected chi connectivity index (χ2v) is 5.59. The average molecular weight is 338 g/mol. The van der Waals surface area contributed by atoms with Crippen LogP contribution in [0, 0.1) is 5.92 Å². The fourth-order valence-electron chi connectivity index (χ4n) is 2.02. The van der Waals surface area contributed by atoms with Crippen LogP contribution < -0.4 is 5.32 Å². The largest absolute Gasteiger partial charge is 0.417 e. The summed E-state index contributed by atoms with van der Waals surface area (Å²) in [6.07, 6.45) is -2.15. The molecule has 1 aliphatic carbocycles. The molecule has 0 radical (unpaired) electrons. The highest BCUT2D eigenvalue weighted by molar-refractivity contribution is 9.10. The summed E-state index contributed by atoms with van der Waals surface area (Å²) in [6, 6.07) is 4.27. The van der Waals surface area contributed by atoms with Gasteiger partial charge in [0.1, 0.15) is 0 Å². The van der Waals surface area contributed by atoms with Gasteiger partial charge in [-0.05, 0) is 37.0 Å². The lowest BCUT2D eigenvalue weighted by molar-refractivity contribution is -0.138. The number of benzene rings is 1. The van der Waals surface area contributed by atoms with Crippen LogP contribution in [-0.2, 0) is 10.9 Å². The molecule has 0 heterocycles. The minimum atomic E-state index is -4.35. The first-order valence-corrected chi connectivity index (χ1v) is 6.83. The molecule has 2 rings (SSSR count). The van der Waals surface area contributed by atoms with Gasteiger partial charge in [0.05, 0.1) is 18.2 Å². The summed E-state index contributed by atoms with van der Waals surface area (Å²) in [5, 5.41) is 3.14. The van der Waals surface area contributed by atoms with Crippen LogP contribution in [0.3, 0.4) is 0 Å². The molecule has 0 bridgehead atoms. The Balaban J connectivity index is 2.16. The molecule has 1 N–H and O–H groups in total. The second-order valence-electron chi connectivity index (χ2n) is 4.74. The minimum Gasteiger partial charge on any atom is -0.383 e. The third-order valence-electron chi connectivity index (χ3n) is 3.16. The molecule has 1 aromatic carbocycles. The molecule has 0 aromatic heterocycles. The van der Waals surface area contributed by atoms with Gasteiger partial charge in [0, 0.05) is 17.3 Å². The molecule has 106 valence electrons. The van der Waals surface area contributed by atoms with Crippen molar-refractivity contribution in [3.8, 4) is 0 Å². The lowest BCUT2D eigenvalue weighted by Crippen LogP contribution is -2.27. The summed E-state index contributed by atoms with van der Waals surface area (Å²) in [5.41, 5.74) is -0.186. The van der Waals surface area contributed by atoms with E-state index in [-0.39, 0.29) is 10.5 Å². The molecule has 0 spiro atoms. The number of alkyl halides is 3. The van der Waals surface area contributed by atoms with Gasteiger partial charge in [-0.3, -0.25) is 0 Å². The van der Waals surface area contributed by atoms with Crippen LogP contribution in [0.25, 0.3) is 0 Å². The minimum absolute atomic E-state index is 0.0558. The standard InChI is InChI=1S/C13H15BrF3NO/c1-19-7-12(8-2-3-8)18-9-4-5-11(14)10(6-9)13(15,16)17/h4-6,8,12,18H,2-3,7H2,1H3. The second kappa shape index (κ2) is 5.71. The molecular weight excluding hydrogens is 323 g/mol. The van der Waals surface area contributed by atoms with Crippen molar-refractivity contribution in [2.45, 2.75) is 25.1 Å². The van der Waals surface area contributed by atoms with E-state index in [4.69, 9.17) is 4.74 Å². The molecule has 2 nitrogen and oxygen atoms in total. The monoisotopic (exact) mass is 337 g/mol. The van der Waals surface area contributed by atoms with Crippen molar-refractivity contribution in [3.63, 3.8) is 0 Å². The fourth-order valence-corrected chi connectivity index (χ4v) is 2.49.